The minimum atomic E-state index is -0.593. The molecule has 0 aromatic rings. The maximum absolute atomic E-state index is 12.8. The predicted octanol–water partition coefficient (Wildman–Crippen LogP) is 17.2. The van der Waals surface area contributed by atoms with Gasteiger partial charge in [0.2, 0.25) is 0 Å². The van der Waals surface area contributed by atoms with Gasteiger partial charge in [0, 0.05) is 13.0 Å². The van der Waals surface area contributed by atoms with Crippen LogP contribution in [0.3, 0.4) is 0 Å². The third kappa shape index (κ3) is 49.2. The van der Waals surface area contributed by atoms with E-state index < -0.39 is 6.10 Å². The highest BCUT2D eigenvalue weighted by molar-refractivity contribution is 5.71. The second kappa shape index (κ2) is 51.9. The Labute approximate surface area is 383 Å². The SMILES string of the molecule is CC/C=C\C/C=C\C/C=C\C/C=C\C/C=C\CC(=O)OCC(COCCCCCCCC/C=C\C/C=C\C/C=C\CC)OC(=O)CCCCCCC/C=C\CCCCCCCC. The quantitative estimate of drug-likeness (QED) is 0.0347. The number of carbonyl (C=O) groups is 2. The molecule has 0 rings (SSSR count). The fraction of sp³-hybridized carbons (Fsp3) is 0.649. The number of allylic oxidation sites excluding steroid dienone is 17. The minimum absolute atomic E-state index is 0.0166. The zero-order chi connectivity index (χ0) is 44.9. The van der Waals surface area contributed by atoms with Crippen molar-refractivity contribution >= 4 is 11.9 Å². The summed E-state index contributed by atoms with van der Waals surface area (Å²) in [4.78, 5) is 25.3. The summed E-state index contributed by atoms with van der Waals surface area (Å²) in [5.41, 5.74) is 0. The summed E-state index contributed by atoms with van der Waals surface area (Å²) in [6.45, 7) is 7.44. The molecule has 5 heteroatoms. The van der Waals surface area contributed by atoms with Crippen LogP contribution in [0.1, 0.15) is 213 Å². The van der Waals surface area contributed by atoms with Gasteiger partial charge in [-0.25, -0.2) is 0 Å². The highest BCUT2D eigenvalue weighted by atomic mass is 16.6. The minimum Gasteiger partial charge on any atom is -0.461 e. The molecule has 62 heavy (non-hydrogen) atoms. The van der Waals surface area contributed by atoms with Crippen molar-refractivity contribution in [1.82, 2.24) is 0 Å². The first-order chi connectivity index (χ1) is 30.6. The lowest BCUT2D eigenvalue weighted by atomic mass is 10.1. The van der Waals surface area contributed by atoms with E-state index in [1.165, 1.54) is 83.5 Å². The molecular weight excluding hydrogens is 765 g/mol. The summed E-state index contributed by atoms with van der Waals surface area (Å²) in [6.07, 6.45) is 71.2. The molecule has 352 valence electrons. The normalized spacial score (nSPS) is 13.1. The van der Waals surface area contributed by atoms with Crippen molar-refractivity contribution in [2.45, 2.75) is 219 Å². The highest BCUT2D eigenvalue weighted by Gasteiger charge is 2.17. The molecule has 0 heterocycles. The van der Waals surface area contributed by atoms with E-state index >= 15 is 0 Å². The zero-order valence-electron chi connectivity index (χ0n) is 40.3. The monoisotopic (exact) mass is 859 g/mol. The van der Waals surface area contributed by atoms with Crippen molar-refractivity contribution in [2.75, 3.05) is 19.8 Å². The van der Waals surface area contributed by atoms with Crippen LogP contribution in [0.25, 0.3) is 0 Å². The largest absolute Gasteiger partial charge is 0.461 e. The molecular formula is C57H94O5. The molecule has 0 radical (unpaired) electrons. The number of unbranched alkanes of at least 4 members (excludes halogenated alkanes) is 17. The van der Waals surface area contributed by atoms with Crippen LogP contribution in [0.5, 0.6) is 0 Å². The molecule has 0 saturated carbocycles. The molecule has 0 amide bonds. The van der Waals surface area contributed by atoms with E-state index in [1.54, 1.807) is 0 Å². The number of ether oxygens (including phenoxy) is 3. The molecule has 0 bridgehead atoms. The molecule has 0 aliphatic rings. The fourth-order valence-corrected chi connectivity index (χ4v) is 6.59. The average Bonchev–Trinajstić information content (AvgIpc) is 3.27. The van der Waals surface area contributed by atoms with Crippen LogP contribution in [-0.2, 0) is 23.8 Å². The van der Waals surface area contributed by atoms with E-state index in [0.717, 1.165) is 96.3 Å². The number of carbonyl (C=O) groups excluding carboxylic acids is 2. The lowest BCUT2D eigenvalue weighted by Gasteiger charge is -2.18. The van der Waals surface area contributed by atoms with Gasteiger partial charge in [-0.15, -0.1) is 0 Å². The van der Waals surface area contributed by atoms with Crippen LogP contribution in [0.15, 0.2) is 109 Å². The van der Waals surface area contributed by atoms with E-state index in [-0.39, 0.29) is 31.6 Å². The van der Waals surface area contributed by atoms with Gasteiger partial charge in [0.15, 0.2) is 6.10 Å². The molecule has 0 saturated heterocycles. The Morgan fingerprint density at radius 3 is 1.26 bits per heavy atom. The topological polar surface area (TPSA) is 61.8 Å². The second-order valence-electron chi connectivity index (χ2n) is 16.3. The first kappa shape index (κ1) is 58.6. The maximum atomic E-state index is 12.8. The average molecular weight is 859 g/mol. The number of rotatable bonds is 45. The van der Waals surface area contributed by atoms with Gasteiger partial charge >= 0.3 is 11.9 Å². The fourth-order valence-electron chi connectivity index (χ4n) is 6.59. The van der Waals surface area contributed by atoms with Crippen LogP contribution in [0, 0.1) is 0 Å². The van der Waals surface area contributed by atoms with Crippen LogP contribution >= 0.6 is 0 Å². The Hall–Kier alpha value is -3.44. The number of hydrogen-bond acceptors (Lipinski definition) is 5. The van der Waals surface area contributed by atoms with Crippen molar-refractivity contribution in [3.63, 3.8) is 0 Å². The molecule has 0 aliphatic carbocycles. The van der Waals surface area contributed by atoms with Crippen molar-refractivity contribution in [3.05, 3.63) is 109 Å². The van der Waals surface area contributed by atoms with Crippen molar-refractivity contribution in [1.29, 1.82) is 0 Å². The Kier molecular flexibility index (Phi) is 49.0. The van der Waals surface area contributed by atoms with E-state index in [2.05, 4.69) is 118 Å². The van der Waals surface area contributed by atoms with Gasteiger partial charge in [-0.2, -0.15) is 0 Å². The summed E-state index contributed by atoms with van der Waals surface area (Å²) >= 11 is 0. The standard InChI is InChI=1S/C57H94O5/c1-4-7-10-13-16-19-22-25-28-31-34-37-40-43-46-49-52-60-53-55(62-57(59)51-48-45-42-39-36-33-30-27-24-21-18-15-12-9-6-3)54-61-56(58)50-47-44-41-38-35-32-29-26-23-20-17-14-11-8-5-2/h7-8,10-11,16-17,19-20,25-30,35,38,44,47,55H,4-6,9,12-15,18,21-24,31-34,36-37,39-43,45-46,48-54H2,1-3H3/b10-7-,11-8-,19-16-,20-17-,28-25-,29-26-,30-27-,38-35-,47-44-. The number of esters is 2. The van der Waals surface area contributed by atoms with Gasteiger partial charge in [-0.05, 0) is 103 Å². The summed E-state index contributed by atoms with van der Waals surface area (Å²) < 4.78 is 17.3. The third-order valence-corrected chi connectivity index (χ3v) is 10.3. The van der Waals surface area contributed by atoms with Crippen molar-refractivity contribution in [3.8, 4) is 0 Å². The van der Waals surface area contributed by atoms with Gasteiger partial charge < -0.3 is 14.2 Å². The summed E-state index contributed by atoms with van der Waals surface area (Å²) in [6, 6.07) is 0. The summed E-state index contributed by atoms with van der Waals surface area (Å²) in [5, 5.41) is 0. The Bertz CT molecular complexity index is 1250. The first-order valence-corrected chi connectivity index (χ1v) is 25.4. The van der Waals surface area contributed by atoms with Crippen LogP contribution in [-0.4, -0.2) is 37.9 Å². The molecule has 1 unspecified atom stereocenters. The highest BCUT2D eigenvalue weighted by Crippen LogP contribution is 2.12. The Morgan fingerprint density at radius 1 is 0.387 bits per heavy atom. The van der Waals surface area contributed by atoms with E-state index in [9.17, 15) is 9.59 Å². The third-order valence-electron chi connectivity index (χ3n) is 10.3. The van der Waals surface area contributed by atoms with Gasteiger partial charge in [0.05, 0.1) is 13.0 Å². The first-order valence-electron chi connectivity index (χ1n) is 25.4. The van der Waals surface area contributed by atoms with Crippen LogP contribution in [0.2, 0.25) is 0 Å². The second-order valence-corrected chi connectivity index (χ2v) is 16.3. The zero-order valence-corrected chi connectivity index (χ0v) is 40.3. The van der Waals surface area contributed by atoms with E-state index in [4.69, 9.17) is 14.2 Å². The lowest BCUT2D eigenvalue weighted by Crippen LogP contribution is -2.30. The van der Waals surface area contributed by atoms with E-state index in [0.29, 0.717) is 13.0 Å². The van der Waals surface area contributed by atoms with Gasteiger partial charge in [0.25, 0.3) is 0 Å². The molecule has 5 nitrogen and oxygen atoms in total. The number of hydrogen-bond donors (Lipinski definition) is 0. The maximum Gasteiger partial charge on any atom is 0.309 e. The molecule has 0 N–H and O–H groups in total. The molecule has 0 spiro atoms. The Balaban J connectivity index is 4.44. The van der Waals surface area contributed by atoms with Crippen LogP contribution < -0.4 is 0 Å². The lowest BCUT2D eigenvalue weighted by molar-refractivity contribution is -0.162. The predicted molar refractivity (Wildman–Crippen MR) is 269 cm³/mol. The van der Waals surface area contributed by atoms with Crippen molar-refractivity contribution < 1.29 is 23.8 Å². The van der Waals surface area contributed by atoms with Gasteiger partial charge in [0.1, 0.15) is 6.61 Å². The molecule has 0 aliphatic heterocycles. The Morgan fingerprint density at radius 2 is 0.774 bits per heavy atom. The van der Waals surface area contributed by atoms with Crippen LogP contribution in [0.4, 0.5) is 0 Å². The van der Waals surface area contributed by atoms with E-state index in [1.807, 2.05) is 12.2 Å². The summed E-state index contributed by atoms with van der Waals surface area (Å²) in [7, 11) is 0. The molecule has 1 atom stereocenters. The van der Waals surface area contributed by atoms with Crippen molar-refractivity contribution in [2.24, 2.45) is 0 Å². The smallest absolute Gasteiger partial charge is 0.309 e. The van der Waals surface area contributed by atoms with Gasteiger partial charge in [-0.1, -0.05) is 207 Å². The molecule has 0 aromatic heterocycles. The molecule has 0 fully saturated rings. The van der Waals surface area contributed by atoms with Gasteiger partial charge in [-0.3, -0.25) is 9.59 Å². The molecule has 0 aromatic carbocycles. The summed E-state index contributed by atoms with van der Waals surface area (Å²) in [5.74, 6) is -0.566.